The lowest BCUT2D eigenvalue weighted by atomic mass is 10.2. The Morgan fingerprint density at radius 3 is 1.95 bits per heavy atom. The molecule has 0 aromatic heterocycles. The average Bonchev–Trinajstić information content (AvgIpc) is 2.40. The van der Waals surface area contributed by atoms with E-state index in [9.17, 15) is 0 Å². The van der Waals surface area contributed by atoms with Gasteiger partial charge in [0.1, 0.15) is 5.75 Å². The van der Waals surface area contributed by atoms with Gasteiger partial charge in [-0.05, 0) is 24.2 Å². The van der Waals surface area contributed by atoms with Gasteiger partial charge in [0.25, 0.3) is 8.32 Å². The lowest BCUT2D eigenvalue weighted by Crippen LogP contribution is -2.41. The highest BCUT2D eigenvalue weighted by atomic mass is 35.5. The van der Waals surface area contributed by atoms with Crippen LogP contribution in [0.5, 0.6) is 5.75 Å². The molecule has 3 heteroatoms. The van der Waals surface area contributed by atoms with Gasteiger partial charge in [-0.25, -0.2) is 0 Å². The maximum absolute atomic E-state index is 6.60. The summed E-state index contributed by atoms with van der Waals surface area (Å²) in [5.74, 6) is 1.56. The van der Waals surface area contributed by atoms with E-state index in [0.29, 0.717) is 5.88 Å². The number of hydrogen-bond acceptors (Lipinski definition) is 1. The highest BCUT2D eigenvalue weighted by molar-refractivity contribution is 6.74. The molecule has 0 spiro atoms. The molecule has 0 fully saturated rings. The van der Waals surface area contributed by atoms with E-state index >= 15 is 0 Å². The van der Waals surface area contributed by atoms with Crippen molar-refractivity contribution < 1.29 is 4.43 Å². The summed E-state index contributed by atoms with van der Waals surface area (Å²) in [6.45, 7) is 6.80. The number of alkyl halides is 1. The van der Waals surface area contributed by atoms with Crippen molar-refractivity contribution in [1.29, 1.82) is 0 Å². The third-order valence-electron chi connectivity index (χ3n) is 3.56. The van der Waals surface area contributed by atoms with E-state index in [4.69, 9.17) is 16.0 Å². The Morgan fingerprint density at radius 1 is 0.947 bits per heavy atom. The molecule has 0 N–H and O–H groups in total. The van der Waals surface area contributed by atoms with Gasteiger partial charge in [-0.1, -0.05) is 58.2 Å². The Kier molecular flexibility index (Phi) is 7.55. The van der Waals surface area contributed by atoms with Gasteiger partial charge < -0.3 is 4.43 Å². The second kappa shape index (κ2) is 8.65. The van der Waals surface area contributed by atoms with E-state index in [0.717, 1.165) is 11.3 Å². The van der Waals surface area contributed by atoms with Crippen LogP contribution in [0.4, 0.5) is 0 Å². The molecular weight excluding hydrogens is 272 g/mol. The van der Waals surface area contributed by atoms with Crippen molar-refractivity contribution in [3.8, 4) is 5.75 Å². The van der Waals surface area contributed by atoms with Gasteiger partial charge in [0, 0.05) is 5.56 Å². The Labute approximate surface area is 124 Å². The molecule has 19 heavy (non-hydrogen) atoms. The predicted molar refractivity (Wildman–Crippen MR) is 87.7 cm³/mol. The third-order valence-corrected chi connectivity index (χ3v) is 8.73. The van der Waals surface area contributed by atoms with Crippen LogP contribution in [0, 0.1) is 0 Å². The van der Waals surface area contributed by atoms with Crippen LogP contribution >= 0.6 is 11.6 Å². The molecule has 1 nitrogen and oxygen atoms in total. The summed E-state index contributed by atoms with van der Waals surface area (Å²) < 4.78 is 6.60. The minimum absolute atomic E-state index is 0.533. The van der Waals surface area contributed by atoms with E-state index in [1.54, 1.807) is 0 Å². The molecule has 0 atom stereocenters. The summed E-state index contributed by atoms with van der Waals surface area (Å²) >= 11 is 6.03. The van der Waals surface area contributed by atoms with Crippen LogP contribution in [0.3, 0.4) is 0 Å². The molecular formula is C16H27ClOSi. The number of para-hydroxylation sites is 1. The zero-order valence-electron chi connectivity index (χ0n) is 12.5. The fourth-order valence-corrected chi connectivity index (χ4v) is 7.52. The molecule has 0 aliphatic rings. The first-order valence-electron chi connectivity index (χ1n) is 7.54. The van der Waals surface area contributed by atoms with Gasteiger partial charge in [-0.15, -0.1) is 11.6 Å². The van der Waals surface area contributed by atoms with E-state index < -0.39 is 8.32 Å². The topological polar surface area (TPSA) is 9.23 Å². The van der Waals surface area contributed by atoms with E-state index in [-0.39, 0.29) is 0 Å². The van der Waals surface area contributed by atoms with Crippen LogP contribution in [0.15, 0.2) is 24.3 Å². The summed E-state index contributed by atoms with van der Waals surface area (Å²) in [6, 6.07) is 12.0. The molecule has 0 saturated carbocycles. The van der Waals surface area contributed by atoms with Gasteiger partial charge in [0.2, 0.25) is 0 Å². The first-order chi connectivity index (χ1) is 9.21. The molecule has 0 aliphatic heterocycles. The number of halogens is 1. The second-order valence-corrected chi connectivity index (χ2v) is 9.61. The van der Waals surface area contributed by atoms with Crippen molar-refractivity contribution in [2.24, 2.45) is 0 Å². The summed E-state index contributed by atoms with van der Waals surface area (Å²) in [5, 5.41) is 0. The van der Waals surface area contributed by atoms with Gasteiger partial charge in [-0.2, -0.15) is 0 Å². The first-order valence-corrected chi connectivity index (χ1v) is 10.6. The van der Waals surface area contributed by atoms with Gasteiger partial charge in [-0.3, -0.25) is 0 Å². The zero-order chi connectivity index (χ0) is 14.1. The normalized spacial score (nSPS) is 11.6. The van der Waals surface area contributed by atoms with Crippen LogP contribution in [0.1, 0.15) is 45.6 Å². The maximum atomic E-state index is 6.60. The summed E-state index contributed by atoms with van der Waals surface area (Å²) in [4.78, 5) is 0. The van der Waals surface area contributed by atoms with Crippen LogP contribution in [-0.4, -0.2) is 8.32 Å². The highest BCUT2D eigenvalue weighted by Crippen LogP contribution is 2.31. The SMILES string of the molecule is CCC[Si](CCC)(CCC)Oc1ccccc1CCl. The monoisotopic (exact) mass is 298 g/mol. The lowest BCUT2D eigenvalue weighted by Gasteiger charge is -2.32. The first kappa shape index (κ1) is 16.6. The Balaban J connectivity index is 2.97. The Hall–Kier alpha value is -0.473. The van der Waals surface area contributed by atoms with Gasteiger partial charge in [0.15, 0.2) is 0 Å². The molecule has 0 heterocycles. The minimum Gasteiger partial charge on any atom is -0.543 e. The van der Waals surface area contributed by atoms with Crippen molar-refractivity contribution in [2.45, 2.75) is 64.0 Å². The molecule has 1 rings (SSSR count). The molecule has 0 aliphatic carbocycles. The largest absolute Gasteiger partial charge is 0.543 e. The number of hydrogen-bond donors (Lipinski definition) is 0. The molecule has 1 aromatic carbocycles. The minimum atomic E-state index is -1.64. The van der Waals surface area contributed by atoms with Crippen LogP contribution < -0.4 is 4.43 Å². The molecule has 1 aromatic rings. The van der Waals surface area contributed by atoms with Gasteiger partial charge in [0.05, 0.1) is 5.88 Å². The fraction of sp³-hybridized carbons (Fsp3) is 0.625. The van der Waals surface area contributed by atoms with E-state index in [1.807, 2.05) is 12.1 Å². The number of rotatable bonds is 9. The van der Waals surface area contributed by atoms with Crippen molar-refractivity contribution in [2.75, 3.05) is 0 Å². The Bertz CT molecular complexity index is 351. The Morgan fingerprint density at radius 2 is 1.47 bits per heavy atom. The predicted octanol–water partition coefficient (Wildman–Crippen LogP) is 5.98. The molecule has 0 saturated heterocycles. The van der Waals surface area contributed by atoms with E-state index in [1.165, 1.54) is 37.4 Å². The van der Waals surface area contributed by atoms with Gasteiger partial charge >= 0.3 is 0 Å². The number of benzene rings is 1. The fourth-order valence-electron chi connectivity index (χ4n) is 2.84. The van der Waals surface area contributed by atoms with Crippen LogP contribution in [-0.2, 0) is 5.88 Å². The summed E-state index contributed by atoms with van der Waals surface area (Å²) in [7, 11) is -1.64. The van der Waals surface area contributed by atoms with Crippen molar-refractivity contribution >= 4 is 19.9 Å². The van der Waals surface area contributed by atoms with Crippen LogP contribution in [0.2, 0.25) is 18.1 Å². The second-order valence-electron chi connectivity index (χ2n) is 5.28. The maximum Gasteiger partial charge on any atom is 0.251 e. The lowest BCUT2D eigenvalue weighted by molar-refractivity contribution is 0.514. The third kappa shape index (κ3) is 4.85. The molecule has 0 bridgehead atoms. The molecule has 0 radical (unpaired) electrons. The quantitative estimate of drug-likeness (QED) is 0.402. The molecule has 108 valence electrons. The van der Waals surface area contributed by atoms with Crippen LogP contribution in [0.25, 0.3) is 0 Å². The standard InChI is InChI=1S/C16H27ClOSi/c1-4-11-19(12-5-2,13-6-3)18-16-10-8-7-9-15(16)14-17/h7-10H,4-6,11-14H2,1-3H3. The van der Waals surface area contributed by atoms with Crippen molar-refractivity contribution in [3.05, 3.63) is 29.8 Å². The average molecular weight is 299 g/mol. The summed E-state index contributed by atoms with van der Waals surface area (Å²) in [6.07, 6.45) is 3.65. The summed E-state index contributed by atoms with van der Waals surface area (Å²) in [5.41, 5.74) is 1.13. The van der Waals surface area contributed by atoms with Crippen molar-refractivity contribution in [1.82, 2.24) is 0 Å². The van der Waals surface area contributed by atoms with E-state index in [2.05, 4.69) is 32.9 Å². The molecule has 0 amide bonds. The highest BCUT2D eigenvalue weighted by Gasteiger charge is 2.34. The van der Waals surface area contributed by atoms with Crippen molar-refractivity contribution in [3.63, 3.8) is 0 Å². The zero-order valence-corrected chi connectivity index (χ0v) is 14.3. The smallest absolute Gasteiger partial charge is 0.251 e. The molecule has 0 unspecified atom stereocenters.